The largest absolute Gasteiger partial charge is 0.397 e. The van der Waals surface area contributed by atoms with Crippen molar-refractivity contribution in [3.63, 3.8) is 0 Å². The van der Waals surface area contributed by atoms with Gasteiger partial charge < -0.3 is 15.8 Å². The van der Waals surface area contributed by atoms with E-state index in [2.05, 4.69) is 10.3 Å². The zero-order chi connectivity index (χ0) is 11.3. The van der Waals surface area contributed by atoms with Gasteiger partial charge in [-0.15, -0.1) is 0 Å². The summed E-state index contributed by atoms with van der Waals surface area (Å²) in [7, 11) is 1.60. The second-order valence-electron chi connectivity index (χ2n) is 3.23. The van der Waals surface area contributed by atoms with Crippen LogP contribution in [0, 0.1) is 0 Å². The van der Waals surface area contributed by atoms with E-state index < -0.39 is 0 Å². The minimum atomic E-state index is -0.223. The molecule has 5 nitrogen and oxygen atoms in total. The average molecular weight is 209 g/mol. The lowest BCUT2D eigenvalue weighted by molar-refractivity contribution is 0.0866. The molecule has 1 atom stereocenters. The summed E-state index contributed by atoms with van der Waals surface area (Å²) in [5.74, 6) is -0.223. The molecule has 3 N–H and O–H groups in total. The Morgan fingerprint density at radius 1 is 1.67 bits per heavy atom. The zero-order valence-electron chi connectivity index (χ0n) is 8.86. The molecule has 0 bridgehead atoms. The Labute approximate surface area is 88.6 Å². The van der Waals surface area contributed by atoms with Gasteiger partial charge in [0.25, 0.3) is 5.91 Å². The van der Waals surface area contributed by atoms with E-state index in [1.165, 1.54) is 6.20 Å². The highest BCUT2D eigenvalue weighted by Crippen LogP contribution is 2.00. The Morgan fingerprint density at radius 2 is 2.40 bits per heavy atom. The molecule has 0 aliphatic rings. The molecule has 5 heteroatoms. The number of hydrogen-bond donors (Lipinski definition) is 2. The Kier molecular flexibility index (Phi) is 4.05. The third-order valence-corrected chi connectivity index (χ3v) is 1.97. The number of carbonyl (C=O) groups excluding carboxylic acids is 1. The summed E-state index contributed by atoms with van der Waals surface area (Å²) in [6.45, 7) is 2.33. The first kappa shape index (κ1) is 11.5. The van der Waals surface area contributed by atoms with E-state index in [-0.39, 0.29) is 12.0 Å². The highest BCUT2D eigenvalue weighted by atomic mass is 16.5. The Hall–Kier alpha value is -1.62. The van der Waals surface area contributed by atoms with Gasteiger partial charge in [0.1, 0.15) is 5.69 Å². The van der Waals surface area contributed by atoms with Crippen LogP contribution in [0.4, 0.5) is 5.69 Å². The van der Waals surface area contributed by atoms with Crippen LogP contribution in [0.5, 0.6) is 0 Å². The third kappa shape index (κ3) is 3.55. The van der Waals surface area contributed by atoms with Crippen LogP contribution >= 0.6 is 0 Å². The summed E-state index contributed by atoms with van der Waals surface area (Å²) < 4.78 is 5.00. The second-order valence-corrected chi connectivity index (χ2v) is 3.23. The van der Waals surface area contributed by atoms with Gasteiger partial charge in [0.2, 0.25) is 0 Å². The maximum absolute atomic E-state index is 11.5. The van der Waals surface area contributed by atoms with E-state index in [4.69, 9.17) is 10.5 Å². The lowest BCUT2D eigenvalue weighted by Crippen LogP contribution is -2.32. The first-order chi connectivity index (χ1) is 7.13. The van der Waals surface area contributed by atoms with Crippen molar-refractivity contribution in [2.45, 2.75) is 13.0 Å². The van der Waals surface area contributed by atoms with E-state index in [0.717, 1.165) is 0 Å². The molecule has 15 heavy (non-hydrogen) atoms. The molecule has 1 unspecified atom stereocenters. The van der Waals surface area contributed by atoms with E-state index in [0.29, 0.717) is 17.9 Å². The molecule has 1 amide bonds. The van der Waals surface area contributed by atoms with Crippen LogP contribution in [0.25, 0.3) is 0 Å². The van der Waals surface area contributed by atoms with Crippen molar-refractivity contribution in [2.75, 3.05) is 19.4 Å². The van der Waals surface area contributed by atoms with E-state index in [1.807, 2.05) is 6.92 Å². The number of nitrogen functional groups attached to an aromatic ring is 1. The first-order valence-corrected chi connectivity index (χ1v) is 4.66. The lowest BCUT2D eigenvalue weighted by Gasteiger charge is -2.10. The number of aromatic nitrogens is 1. The number of nitrogens with two attached hydrogens (primary N) is 1. The summed E-state index contributed by atoms with van der Waals surface area (Å²) in [6, 6.07) is 3.23. The van der Waals surface area contributed by atoms with Gasteiger partial charge in [-0.05, 0) is 19.1 Å². The summed E-state index contributed by atoms with van der Waals surface area (Å²) in [6.07, 6.45) is 1.44. The SMILES string of the molecule is COC(C)CNC(=O)c1ccc(N)cn1. The molecule has 1 aromatic rings. The van der Waals surface area contributed by atoms with Gasteiger partial charge >= 0.3 is 0 Å². The first-order valence-electron chi connectivity index (χ1n) is 4.66. The molecule has 0 fully saturated rings. The average Bonchev–Trinajstić information content (AvgIpc) is 2.26. The summed E-state index contributed by atoms with van der Waals surface area (Å²) in [5, 5.41) is 2.70. The molecular weight excluding hydrogens is 194 g/mol. The van der Waals surface area contributed by atoms with Crippen LogP contribution in [0.2, 0.25) is 0 Å². The van der Waals surface area contributed by atoms with Crippen LogP contribution in [0.1, 0.15) is 17.4 Å². The van der Waals surface area contributed by atoms with Gasteiger partial charge in [-0.25, -0.2) is 4.98 Å². The summed E-state index contributed by atoms with van der Waals surface area (Å²) in [4.78, 5) is 15.4. The molecule has 0 aliphatic carbocycles. The number of carbonyl (C=O) groups is 1. The molecular formula is C10H15N3O2. The Bertz CT molecular complexity index is 324. The van der Waals surface area contributed by atoms with E-state index >= 15 is 0 Å². The number of pyridine rings is 1. The highest BCUT2D eigenvalue weighted by Gasteiger charge is 2.07. The Morgan fingerprint density at radius 3 is 2.93 bits per heavy atom. The van der Waals surface area contributed by atoms with Crippen LogP contribution < -0.4 is 11.1 Å². The monoisotopic (exact) mass is 209 g/mol. The van der Waals surface area contributed by atoms with E-state index in [1.54, 1.807) is 19.2 Å². The number of hydrogen-bond acceptors (Lipinski definition) is 4. The highest BCUT2D eigenvalue weighted by molar-refractivity contribution is 5.92. The molecule has 82 valence electrons. The number of rotatable bonds is 4. The van der Waals surface area contributed by atoms with Gasteiger partial charge in [0.05, 0.1) is 18.0 Å². The quantitative estimate of drug-likeness (QED) is 0.753. The van der Waals surface area contributed by atoms with Crippen molar-refractivity contribution < 1.29 is 9.53 Å². The number of amides is 1. The van der Waals surface area contributed by atoms with Gasteiger partial charge in [-0.1, -0.05) is 0 Å². The smallest absolute Gasteiger partial charge is 0.269 e. The van der Waals surface area contributed by atoms with Gasteiger partial charge in [0, 0.05) is 13.7 Å². The number of nitrogens with zero attached hydrogens (tertiary/aromatic N) is 1. The zero-order valence-corrected chi connectivity index (χ0v) is 8.86. The van der Waals surface area contributed by atoms with Gasteiger partial charge in [0.15, 0.2) is 0 Å². The summed E-state index contributed by atoms with van der Waals surface area (Å²) in [5.41, 5.74) is 6.35. The van der Waals surface area contributed by atoms with Crippen molar-refractivity contribution in [3.05, 3.63) is 24.0 Å². The van der Waals surface area contributed by atoms with Crippen LogP contribution in [-0.4, -0.2) is 30.6 Å². The predicted molar refractivity (Wildman–Crippen MR) is 57.5 cm³/mol. The van der Waals surface area contributed by atoms with Crippen molar-refractivity contribution in [3.8, 4) is 0 Å². The maximum Gasteiger partial charge on any atom is 0.269 e. The number of nitrogens with one attached hydrogen (secondary N) is 1. The molecule has 1 heterocycles. The topological polar surface area (TPSA) is 77.2 Å². The fourth-order valence-corrected chi connectivity index (χ4v) is 0.950. The molecule has 0 saturated heterocycles. The molecule has 0 aliphatic heterocycles. The van der Waals surface area contributed by atoms with Gasteiger partial charge in [-0.2, -0.15) is 0 Å². The van der Waals surface area contributed by atoms with Crippen LogP contribution in [0.15, 0.2) is 18.3 Å². The van der Waals surface area contributed by atoms with Crippen molar-refractivity contribution in [2.24, 2.45) is 0 Å². The minimum absolute atomic E-state index is 0.0114. The molecule has 1 rings (SSSR count). The predicted octanol–water partition coefficient (Wildman–Crippen LogP) is 0.429. The third-order valence-electron chi connectivity index (χ3n) is 1.97. The molecule has 1 aromatic heterocycles. The summed E-state index contributed by atoms with van der Waals surface area (Å²) >= 11 is 0. The Balaban J connectivity index is 2.50. The van der Waals surface area contributed by atoms with Gasteiger partial charge in [-0.3, -0.25) is 4.79 Å². The minimum Gasteiger partial charge on any atom is -0.397 e. The van der Waals surface area contributed by atoms with Crippen LogP contribution in [-0.2, 0) is 4.74 Å². The second kappa shape index (κ2) is 5.31. The van der Waals surface area contributed by atoms with E-state index in [9.17, 15) is 4.79 Å². The van der Waals surface area contributed by atoms with Crippen molar-refractivity contribution in [1.29, 1.82) is 0 Å². The van der Waals surface area contributed by atoms with Crippen LogP contribution in [0.3, 0.4) is 0 Å². The molecule has 0 radical (unpaired) electrons. The number of ether oxygens (including phenoxy) is 1. The van der Waals surface area contributed by atoms with Crippen molar-refractivity contribution in [1.82, 2.24) is 10.3 Å². The lowest BCUT2D eigenvalue weighted by atomic mass is 10.3. The fourth-order valence-electron chi connectivity index (χ4n) is 0.950. The number of anilines is 1. The fraction of sp³-hybridized carbons (Fsp3) is 0.400. The standard InChI is InChI=1S/C10H15N3O2/c1-7(15-2)5-13-10(14)9-4-3-8(11)6-12-9/h3-4,6-7H,5,11H2,1-2H3,(H,13,14). The molecule has 0 saturated carbocycles. The normalized spacial score (nSPS) is 12.1. The van der Waals surface area contributed by atoms with Crippen molar-refractivity contribution >= 4 is 11.6 Å². The molecule has 0 aromatic carbocycles. The molecule has 0 spiro atoms. The maximum atomic E-state index is 11.5. The number of methoxy groups -OCH3 is 1.